The Kier molecular flexibility index (Phi) is 11.7. The molecule has 0 unspecified atom stereocenters. The fraction of sp³-hybridized carbons (Fsp3) is 1.00. The smallest absolute Gasteiger partial charge is 1.00 e. The molecular formula is C5H18MgNO5S+. The predicted molar refractivity (Wildman–Crippen MR) is 52.1 cm³/mol. The molecule has 0 amide bonds. The molecule has 0 aliphatic carbocycles. The first kappa shape index (κ1) is 19.2. The van der Waals surface area contributed by atoms with Crippen LogP contribution in [0.4, 0.5) is 0 Å². The predicted octanol–water partition coefficient (Wildman–Crippen LogP) is -1.12. The Morgan fingerprint density at radius 2 is 1.46 bits per heavy atom. The first-order valence-electron chi connectivity index (χ1n) is 3.17. The maximum absolute atomic E-state index is 8.74. The van der Waals surface area contributed by atoms with Crippen LogP contribution in [0.25, 0.3) is 0 Å². The first-order chi connectivity index (χ1) is 5.06. The minimum absolute atomic E-state index is 0. The molecule has 0 aliphatic heterocycles. The van der Waals surface area contributed by atoms with Gasteiger partial charge in [0.05, 0.1) is 27.7 Å². The van der Waals surface area contributed by atoms with Crippen LogP contribution in [-0.4, -0.2) is 84.5 Å². The van der Waals surface area contributed by atoms with Gasteiger partial charge in [0.2, 0.25) is 0 Å². The molecule has 0 heterocycles. The van der Waals surface area contributed by atoms with Gasteiger partial charge in [-0.25, -0.2) is 0 Å². The summed E-state index contributed by atoms with van der Waals surface area (Å²) in [6.45, 7) is 1.11. The quantitative estimate of drug-likeness (QED) is 0.316. The van der Waals surface area contributed by atoms with Crippen LogP contribution in [0.2, 0.25) is 0 Å². The van der Waals surface area contributed by atoms with E-state index < -0.39 is 10.4 Å². The number of likely N-dealkylation sites (N-methyl/N-ethyl adjacent to an activating group) is 1. The molecular weight excluding hydrogens is 210 g/mol. The van der Waals surface area contributed by atoms with Crippen molar-refractivity contribution in [2.24, 2.45) is 0 Å². The van der Waals surface area contributed by atoms with Crippen molar-refractivity contribution in [2.45, 2.75) is 0 Å². The molecule has 0 aromatic rings. The van der Waals surface area contributed by atoms with Gasteiger partial charge in [0.15, 0.2) is 0 Å². The second kappa shape index (κ2) is 7.91. The second-order valence-electron chi connectivity index (χ2n) is 3.19. The summed E-state index contributed by atoms with van der Waals surface area (Å²) < 4.78 is 32.4. The summed E-state index contributed by atoms with van der Waals surface area (Å²) in [5.74, 6) is 0. The monoisotopic (exact) mass is 228 g/mol. The van der Waals surface area contributed by atoms with Gasteiger partial charge in [0.25, 0.3) is 0 Å². The maximum atomic E-state index is 8.74. The minimum Gasteiger partial charge on any atom is -1.00 e. The average molecular weight is 229 g/mol. The fourth-order valence-corrected chi connectivity index (χ4v) is 0.300. The van der Waals surface area contributed by atoms with E-state index in [9.17, 15) is 0 Å². The van der Waals surface area contributed by atoms with Crippen LogP contribution in [0, 0.1) is 0 Å². The molecule has 0 atom stereocenters. The molecule has 6 nitrogen and oxygen atoms in total. The van der Waals surface area contributed by atoms with Crippen molar-refractivity contribution in [3.05, 3.63) is 0 Å². The molecule has 0 fully saturated rings. The van der Waals surface area contributed by atoms with Crippen LogP contribution in [-0.2, 0) is 10.4 Å². The maximum Gasteiger partial charge on any atom is 2.00 e. The summed E-state index contributed by atoms with van der Waals surface area (Å²) in [4.78, 5) is 0. The molecule has 0 aliphatic rings. The van der Waals surface area contributed by atoms with Gasteiger partial charge in [-0.3, -0.25) is 9.11 Å². The summed E-state index contributed by atoms with van der Waals surface area (Å²) >= 11 is 0. The molecule has 0 aromatic heterocycles. The van der Waals surface area contributed by atoms with Crippen molar-refractivity contribution >= 4 is 33.5 Å². The van der Waals surface area contributed by atoms with E-state index in [1.165, 1.54) is 0 Å². The van der Waals surface area contributed by atoms with Gasteiger partial charge < -0.3 is 12.4 Å². The molecule has 8 heteroatoms. The molecule has 0 spiro atoms. The molecule has 0 saturated carbocycles. The van der Waals surface area contributed by atoms with Crippen molar-refractivity contribution in [2.75, 3.05) is 34.3 Å². The Bertz CT molecular complexity index is 198. The zero-order chi connectivity index (χ0) is 10.4. The van der Waals surface area contributed by atoms with Crippen LogP contribution in [0.1, 0.15) is 2.85 Å². The first-order valence-corrected chi connectivity index (χ1v) is 4.57. The Labute approximate surface area is 97.8 Å². The van der Waals surface area contributed by atoms with Gasteiger partial charge in [-0.2, -0.15) is 8.42 Å². The summed E-state index contributed by atoms with van der Waals surface area (Å²) in [6.07, 6.45) is 0. The zero-order valence-electron chi connectivity index (χ0n) is 10.1. The van der Waals surface area contributed by atoms with E-state index in [1.807, 2.05) is 0 Å². The largest absolute Gasteiger partial charge is 2.00 e. The van der Waals surface area contributed by atoms with Crippen LogP contribution in [0.5, 0.6) is 0 Å². The van der Waals surface area contributed by atoms with E-state index in [2.05, 4.69) is 21.1 Å². The van der Waals surface area contributed by atoms with Crippen molar-refractivity contribution in [3.63, 3.8) is 0 Å². The van der Waals surface area contributed by atoms with Crippen molar-refractivity contribution in [1.29, 1.82) is 0 Å². The van der Waals surface area contributed by atoms with Gasteiger partial charge in [-0.15, -0.1) is 0 Å². The second-order valence-corrected chi connectivity index (χ2v) is 4.08. The summed E-state index contributed by atoms with van der Waals surface area (Å²) in [6, 6.07) is 0. The average Bonchev–Trinajstić information content (AvgIpc) is 1.54. The van der Waals surface area contributed by atoms with Crippen molar-refractivity contribution in [1.82, 2.24) is 0 Å². The molecule has 80 valence electrons. The third kappa shape index (κ3) is 67.4. The molecule has 13 heavy (non-hydrogen) atoms. The number of aliphatic hydroxyl groups is 1. The Hall–Kier alpha value is 0.556. The van der Waals surface area contributed by atoms with E-state index in [0.29, 0.717) is 0 Å². The standard InChI is InChI=1S/C5H14NO.Mg.H2O4S.2H/c1-6(2,3)4-5-7;;1-5(2,3)4;;/h7H,4-5H2,1-3H3;;(H2,1,2,3,4);;/q+1;+2;;2*-1. The third-order valence-corrected chi connectivity index (χ3v) is 0.771. The van der Waals surface area contributed by atoms with E-state index in [-0.39, 0.29) is 32.5 Å². The SMILES string of the molecule is C[N+](C)(C)CCO.O=S(=O)(O)O.[H-].[H-].[Mg+2]. The zero-order valence-corrected chi connectivity index (χ0v) is 10.4. The number of nitrogens with zero attached hydrogens (tertiary/aromatic N) is 1. The summed E-state index contributed by atoms with van der Waals surface area (Å²) in [5.41, 5.74) is 0. The number of rotatable bonds is 2. The Morgan fingerprint density at radius 1 is 1.23 bits per heavy atom. The van der Waals surface area contributed by atoms with Crippen LogP contribution < -0.4 is 0 Å². The normalized spacial score (nSPS) is 10.9. The third-order valence-electron chi connectivity index (χ3n) is 0.771. The van der Waals surface area contributed by atoms with E-state index >= 15 is 0 Å². The number of aliphatic hydroxyl groups excluding tert-OH is 1. The van der Waals surface area contributed by atoms with Crippen molar-refractivity contribution < 1.29 is 30.0 Å². The van der Waals surface area contributed by atoms with Gasteiger partial charge >= 0.3 is 33.5 Å². The summed E-state index contributed by atoms with van der Waals surface area (Å²) in [7, 11) is 1.49. The molecule has 0 saturated heterocycles. The molecule has 0 aromatic carbocycles. The van der Waals surface area contributed by atoms with Gasteiger partial charge in [-0.1, -0.05) is 0 Å². The van der Waals surface area contributed by atoms with Crippen LogP contribution in [0.3, 0.4) is 0 Å². The fourth-order valence-electron chi connectivity index (χ4n) is 0.300. The number of hydrogen-bond acceptors (Lipinski definition) is 3. The van der Waals surface area contributed by atoms with Gasteiger partial charge in [-0.05, 0) is 0 Å². The van der Waals surface area contributed by atoms with Crippen LogP contribution >= 0.6 is 0 Å². The molecule has 0 bridgehead atoms. The molecule has 0 rings (SSSR count). The Balaban J connectivity index is -0.0000000383. The van der Waals surface area contributed by atoms with E-state index in [0.717, 1.165) is 11.0 Å². The number of quaternary nitrogens is 1. The van der Waals surface area contributed by atoms with E-state index in [1.54, 1.807) is 0 Å². The van der Waals surface area contributed by atoms with Crippen molar-refractivity contribution in [3.8, 4) is 0 Å². The number of hydrogen-bond donors (Lipinski definition) is 3. The van der Waals surface area contributed by atoms with Gasteiger partial charge in [0.1, 0.15) is 6.54 Å². The summed E-state index contributed by atoms with van der Waals surface area (Å²) in [5, 5.41) is 8.39. The Morgan fingerprint density at radius 3 is 1.46 bits per heavy atom. The topological polar surface area (TPSA) is 94.8 Å². The minimum atomic E-state index is -4.67. The van der Waals surface area contributed by atoms with Gasteiger partial charge in [0, 0.05) is 0 Å². The molecule has 3 N–H and O–H groups in total. The molecule has 0 radical (unpaired) electrons. The van der Waals surface area contributed by atoms with E-state index in [4.69, 9.17) is 22.6 Å². The van der Waals surface area contributed by atoms with Crippen LogP contribution in [0.15, 0.2) is 0 Å².